The van der Waals surface area contributed by atoms with E-state index in [1.807, 2.05) is 0 Å². The number of carbonyl (C=O) groups is 3. The molecule has 1 heterocycles. The van der Waals surface area contributed by atoms with Crippen LogP contribution in [0.15, 0.2) is 48.5 Å². The van der Waals surface area contributed by atoms with Crippen molar-refractivity contribution in [2.45, 2.75) is 18.9 Å². The second-order valence-corrected chi connectivity index (χ2v) is 6.09. The quantitative estimate of drug-likeness (QED) is 0.792. The van der Waals surface area contributed by atoms with E-state index >= 15 is 0 Å². The zero-order valence-electron chi connectivity index (χ0n) is 14.9. The predicted octanol–water partition coefficient (Wildman–Crippen LogP) is 2.84. The third kappa shape index (κ3) is 4.71. The fourth-order valence-corrected chi connectivity index (χ4v) is 2.72. The highest BCUT2D eigenvalue weighted by atomic mass is 16.5. The highest BCUT2D eigenvalue weighted by Gasteiger charge is 2.23. The highest BCUT2D eigenvalue weighted by molar-refractivity contribution is 6.05. The molecule has 0 aliphatic carbocycles. The molecule has 7 heteroatoms. The van der Waals surface area contributed by atoms with Crippen molar-refractivity contribution >= 4 is 29.2 Å². The van der Waals surface area contributed by atoms with Gasteiger partial charge in [-0.1, -0.05) is 0 Å². The number of amides is 2. The Morgan fingerprint density at radius 1 is 0.926 bits per heavy atom. The number of nitrogens with one attached hydrogen (secondary N) is 2. The van der Waals surface area contributed by atoms with Gasteiger partial charge in [-0.2, -0.15) is 0 Å². The fourth-order valence-electron chi connectivity index (χ4n) is 2.72. The molecule has 1 aliphatic heterocycles. The molecule has 0 saturated carbocycles. The molecule has 0 spiro atoms. The smallest absolute Gasteiger partial charge is 0.337 e. The number of benzene rings is 2. The molecule has 0 radical (unpaired) electrons. The molecule has 1 fully saturated rings. The molecule has 27 heavy (non-hydrogen) atoms. The van der Waals surface area contributed by atoms with Gasteiger partial charge in [0.1, 0.15) is 6.10 Å². The van der Waals surface area contributed by atoms with Gasteiger partial charge in [0, 0.05) is 23.5 Å². The normalized spacial score (nSPS) is 15.8. The van der Waals surface area contributed by atoms with Crippen molar-refractivity contribution in [3.63, 3.8) is 0 Å². The lowest BCUT2D eigenvalue weighted by Crippen LogP contribution is -2.26. The summed E-state index contributed by atoms with van der Waals surface area (Å²) in [6, 6.07) is 13.0. The van der Waals surface area contributed by atoms with Gasteiger partial charge in [-0.05, 0) is 61.4 Å². The molecule has 1 atom stereocenters. The summed E-state index contributed by atoms with van der Waals surface area (Å²) in [7, 11) is 1.31. The number of esters is 1. The number of methoxy groups -OCH3 is 1. The summed E-state index contributed by atoms with van der Waals surface area (Å²) in [5.41, 5.74) is 2.02. The Bertz CT molecular complexity index is 824. The first-order valence-electron chi connectivity index (χ1n) is 8.59. The van der Waals surface area contributed by atoms with Gasteiger partial charge >= 0.3 is 5.97 Å². The minimum absolute atomic E-state index is 0.171. The minimum atomic E-state index is -0.437. The number of carbonyl (C=O) groups excluding carboxylic acids is 3. The first-order chi connectivity index (χ1) is 13.1. The number of anilines is 2. The van der Waals surface area contributed by atoms with Crippen molar-refractivity contribution in [2.75, 3.05) is 24.4 Å². The molecule has 1 aliphatic rings. The number of hydrogen-bond donors (Lipinski definition) is 2. The van der Waals surface area contributed by atoms with Gasteiger partial charge in [-0.15, -0.1) is 0 Å². The average Bonchev–Trinajstić information content (AvgIpc) is 3.23. The molecule has 3 rings (SSSR count). The van der Waals surface area contributed by atoms with Crippen LogP contribution < -0.4 is 10.6 Å². The Hall–Kier alpha value is -3.19. The van der Waals surface area contributed by atoms with E-state index in [1.54, 1.807) is 48.5 Å². The molecule has 7 nitrogen and oxygen atoms in total. The van der Waals surface area contributed by atoms with E-state index < -0.39 is 12.1 Å². The molecule has 2 amide bonds. The maximum atomic E-state index is 12.3. The molecule has 1 saturated heterocycles. The second-order valence-electron chi connectivity index (χ2n) is 6.09. The Morgan fingerprint density at radius 3 is 2.07 bits per heavy atom. The van der Waals surface area contributed by atoms with Crippen molar-refractivity contribution in [1.29, 1.82) is 0 Å². The zero-order valence-corrected chi connectivity index (χ0v) is 14.9. The van der Waals surface area contributed by atoms with Gasteiger partial charge in [0.05, 0.1) is 12.7 Å². The molecular formula is C20H20N2O5. The minimum Gasteiger partial charge on any atom is -0.465 e. The van der Waals surface area contributed by atoms with Gasteiger partial charge in [0.2, 0.25) is 0 Å². The third-order valence-electron chi connectivity index (χ3n) is 4.20. The monoisotopic (exact) mass is 368 g/mol. The molecule has 140 valence electrons. The summed E-state index contributed by atoms with van der Waals surface area (Å²) >= 11 is 0. The molecule has 2 N–H and O–H groups in total. The lowest BCUT2D eigenvalue weighted by Gasteiger charge is -2.11. The van der Waals surface area contributed by atoms with Crippen LogP contribution in [-0.4, -0.2) is 37.6 Å². The standard InChI is InChI=1S/C20H20N2O5/c1-26-20(25)14-6-10-15(11-7-14)21-18(23)13-4-8-16(9-5-13)22-19(24)17-3-2-12-27-17/h4-11,17H,2-3,12H2,1H3,(H,21,23)(H,22,24)/t17-/m1/s1. The van der Waals surface area contributed by atoms with Crippen molar-refractivity contribution in [1.82, 2.24) is 0 Å². The van der Waals surface area contributed by atoms with E-state index in [0.717, 1.165) is 12.8 Å². The van der Waals surface area contributed by atoms with Crippen LogP contribution in [0.25, 0.3) is 0 Å². The lowest BCUT2D eigenvalue weighted by molar-refractivity contribution is -0.124. The highest BCUT2D eigenvalue weighted by Crippen LogP contribution is 2.17. The van der Waals surface area contributed by atoms with Crippen molar-refractivity contribution in [2.24, 2.45) is 0 Å². The Kier molecular flexibility index (Phi) is 5.83. The molecule has 2 aromatic rings. The van der Waals surface area contributed by atoms with Crippen LogP contribution >= 0.6 is 0 Å². The molecule has 2 aromatic carbocycles. The topological polar surface area (TPSA) is 93.7 Å². The van der Waals surface area contributed by atoms with Crippen LogP contribution in [0, 0.1) is 0 Å². The van der Waals surface area contributed by atoms with E-state index in [-0.39, 0.29) is 11.8 Å². The third-order valence-corrected chi connectivity index (χ3v) is 4.20. The second kappa shape index (κ2) is 8.46. The van der Waals surface area contributed by atoms with Crippen LogP contribution in [0.5, 0.6) is 0 Å². The van der Waals surface area contributed by atoms with Gasteiger partial charge in [-0.3, -0.25) is 9.59 Å². The zero-order chi connectivity index (χ0) is 19.2. The molecule has 0 bridgehead atoms. The largest absolute Gasteiger partial charge is 0.465 e. The fraction of sp³-hybridized carbons (Fsp3) is 0.250. The summed E-state index contributed by atoms with van der Waals surface area (Å²) in [6.07, 6.45) is 1.21. The SMILES string of the molecule is COC(=O)c1ccc(NC(=O)c2ccc(NC(=O)[C@H]3CCCO3)cc2)cc1. The van der Waals surface area contributed by atoms with Gasteiger partial charge in [0.25, 0.3) is 11.8 Å². The Morgan fingerprint density at radius 2 is 1.52 bits per heavy atom. The van der Waals surface area contributed by atoms with Gasteiger partial charge in [0.15, 0.2) is 0 Å². The van der Waals surface area contributed by atoms with Crippen LogP contribution in [0.4, 0.5) is 11.4 Å². The van der Waals surface area contributed by atoms with E-state index in [9.17, 15) is 14.4 Å². The molecule has 0 aromatic heterocycles. The average molecular weight is 368 g/mol. The van der Waals surface area contributed by atoms with Crippen molar-refractivity contribution in [3.05, 3.63) is 59.7 Å². The predicted molar refractivity (Wildman–Crippen MR) is 99.8 cm³/mol. The lowest BCUT2D eigenvalue weighted by atomic mass is 10.1. The first kappa shape index (κ1) is 18.6. The number of hydrogen-bond acceptors (Lipinski definition) is 5. The summed E-state index contributed by atoms with van der Waals surface area (Å²) in [5, 5.41) is 5.53. The summed E-state index contributed by atoms with van der Waals surface area (Å²) in [4.78, 5) is 35.8. The molecule has 0 unspecified atom stereocenters. The van der Waals surface area contributed by atoms with Crippen LogP contribution in [0.1, 0.15) is 33.6 Å². The number of ether oxygens (including phenoxy) is 2. The molecular weight excluding hydrogens is 348 g/mol. The van der Waals surface area contributed by atoms with E-state index in [4.69, 9.17) is 4.74 Å². The van der Waals surface area contributed by atoms with Crippen molar-refractivity contribution < 1.29 is 23.9 Å². The van der Waals surface area contributed by atoms with Gasteiger partial charge < -0.3 is 20.1 Å². The Balaban J connectivity index is 1.58. The Labute approximate surface area is 156 Å². The summed E-state index contributed by atoms with van der Waals surface area (Å²) in [6.45, 7) is 0.609. The van der Waals surface area contributed by atoms with E-state index in [2.05, 4.69) is 15.4 Å². The maximum absolute atomic E-state index is 12.3. The summed E-state index contributed by atoms with van der Waals surface area (Å²) < 4.78 is 9.97. The van der Waals surface area contributed by atoms with Crippen LogP contribution in [0.2, 0.25) is 0 Å². The summed E-state index contributed by atoms with van der Waals surface area (Å²) in [5.74, 6) is -0.901. The van der Waals surface area contributed by atoms with Crippen LogP contribution in [0.3, 0.4) is 0 Å². The van der Waals surface area contributed by atoms with Crippen LogP contribution in [-0.2, 0) is 14.3 Å². The van der Waals surface area contributed by atoms with E-state index in [1.165, 1.54) is 7.11 Å². The first-order valence-corrected chi connectivity index (χ1v) is 8.59. The van der Waals surface area contributed by atoms with Crippen molar-refractivity contribution in [3.8, 4) is 0 Å². The van der Waals surface area contributed by atoms with E-state index in [0.29, 0.717) is 29.1 Å². The van der Waals surface area contributed by atoms with Gasteiger partial charge in [-0.25, -0.2) is 4.79 Å². The maximum Gasteiger partial charge on any atom is 0.337 e. The number of rotatable bonds is 5.